The van der Waals surface area contributed by atoms with Crippen LogP contribution < -0.4 is 51.4 Å². The predicted molar refractivity (Wildman–Crippen MR) is 53.6 cm³/mol. The topological polar surface area (TPSA) is 129 Å². The van der Waals surface area contributed by atoms with Crippen LogP contribution in [0.1, 0.15) is 6.99 Å². The van der Waals surface area contributed by atoms with E-state index >= 15 is 0 Å². The second-order valence-electron chi connectivity index (χ2n) is 2.99. The van der Waals surface area contributed by atoms with Crippen LogP contribution in [0.4, 0.5) is 0 Å². The third-order valence-electron chi connectivity index (χ3n) is 1.88. The largest absolute Gasteiger partial charge is 1.00 e. The smallest absolute Gasteiger partial charge is 1.00 e. The van der Waals surface area contributed by atoms with Crippen molar-refractivity contribution in [1.29, 1.82) is 0 Å². The SMILES string of the molecule is Cc1c(O)ccc(S(=O)(=O)O)c1S(=O)(=O)O.[H-].[K+]. The molecule has 0 saturated heterocycles. The molecule has 0 aliphatic heterocycles. The molecular formula is C7H9KO7S2. The molecule has 0 bridgehead atoms. The summed E-state index contributed by atoms with van der Waals surface area (Å²) in [5, 5.41) is 9.20. The Hall–Kier alpha value is 0.476. The van der Waals surface area contributed by atoms with E-state index in [4.69, 9.17) is 9.11 Å². The van der Waals surface area contributed by atoms with Gasteiger partial charge in [0.1, 0.15) is 15.5 Å². The van der Waals surface area contributed by atoms with Gasteiger partial charge < -0.3 is 6.53 Å². The molecule has 0 spiro atoms. The molecule has 0 fully saturated rings. The fourth-order valence-corrected chi connectivity index (χ4v) is 3.25. The van der Waals surface area contributed by atoms with E-state index in [0.29, 0.717) is 6.07 Å². The zero-order valence-corrected chi connectivity index (χ0v) is 13.7. The molecule has 0 aliphatic carbocycles. The van der Waals surface area contributed by atoms with Crippen LogP contribution in [0.25, 0.3) is 0 Å². The van der Waals surface area contributed by atoms with Crippen LogP contribution in [-0.2, 0) is 20.2 Å². The molecule has 1 aromatic carbocycles. The predicted octanol–water partition coefficient (Wildman–Crippen LogP) is -2.69. The zero-order chi connectivity index (χ0) is 12.7. The Balaban J connectivity index is 0. The van der Waals surface area contributed by atoms with Gasteiger partial charge in [-0.05, 0) is 19.1 Å². The number of phenolic OH excluding ortho intramolecular Hbond substituents is 1. The maximum atomic E-state index is 10.9. The van der Waals surface area contributed by atoms with E-state index in [1.807, 2.05) is 0 Å². The van der Waals surface area contributed by atoms with Gasteiger partial charge in [0.05, 0.1) is 0 Å². The molecule has 0 heterocycles. The molecule has 0 aromatic heterocycles. The Morgan fingerprint density at radius 2 is 1.53 bits per heavy atom. The minimum atomic E-state index is -4.87. The molecular weight excluding hydrogens is 299 g/mol. The average Bonchev–Trinajstić information content (AvgIpc) is 2.05. The molecule has 1 rings (SSSR count). The Bertz CT molecular complexity index is 638. The first-order valence-electron chi connectivity index (χ1n) is 3.82. The van der Waals surface area contributed by atoms with Gasteiger partial charge in [0.15, 0.2) is 0 Å². The van der Waals surface area contributed by atoms with E-state index in [1.54, 1.807) is 0 Å². The maximum absolute atomic E-state index is 10.9. The number of rotatable bonds is 2. The number of hydrogen-bond donors (Lipinski definition) is 3. The van der Waals surface area contributed by atoms with Crippen molar-refractivity contribution in [3.8, 4) is 5.75 Å². The van der Waals surface area contributed by atoms with Gasteiger partial charge in [-0.25, -0.2) is 0 Å². The summed E-state index contributed by atoms with van der Waals surface area (Å²) in [6, 6.07) is 1.58. The summed E-state index contributed by atoms with van der Waals surface area (Å²) in [6.07, 6.45) is 0. The van der Waals surface area contributed by atoms with Crippen LogP contribution in [0.5, 0.6) is 5.75 Å². The van der Waals surface area contributed by atoms with E-state index in [2.05, 4.69) is 0 Å². The Morgan fingerprint density at radius 3 is 1.88 bits per heavy atom. The Morgan fingerprint density at radius 1 is 1.06 bits per heavy atom. The van der Waals surface area contributed by atoms with E-state index in [9.17, 15) is 21.9 Å². The molecule has 0 saturated carbocycles. The fraction of sp³-hybridized carbons (Fsp3) is 0.143. The number of benzene rings is 1. The molecule has 0 amide bonds. The summed E-state index contributed by atoms with van der Waals surface area (Å²) >= 11 is 0. The van der Waals surface area contributed by atoms with Crippen molar-refractivity contribution in [2.45, 2.75) is 16.7 Å². The Labute approximate surface area is 142 Å². The summed E-state index contributed by atoms with van der Waals surface area (Å²) in [5.41, 5.74) is -0.363. The third kappa shape index (κ3) is 3.97. The summed E-state index contributed by atoms with van der Waals surface area (Å²) in [4.78, 5) is -2.01. The van der Waals surface area contributed by atoms with Crippen LogP contribution in [0.3, 0.4) is 0 Å². The van der Waals surface area contributed by atoms with E-state index in [0.717, 1.165) is 13.0 Å². The fourth-order valence-electron chi connectivity index (χ4n) is 1.18. The van der Waals surface area contributed by atoms with E-state index < -0.39 is 35.8 Å². The minimum absolute atomic E-state index is 0. The van der Waals surface area contributed by atoms with Gasteiger partial charge in [-0.3, -0.25) is 9.11 Å². The summed E-state index contributed by atoms with van der Waals surface area (Å²) in [6.45, 7) is 1.09. The van der Waals surface area contributed by atoms with Crippen molar-refractivity contribution in [3.63, 3.8) is 0 Å². The van der Waals surface area contributed by atoms with Gasteiger partial charge in [-0.15, -0.1) is 0 Å². The minimum Gasteiger partial charge on any atom is -1.00 e. The zero-order valence-electron chi connectivity index (χ0n) is 9.95. The number of phenols is 1. The van der Waals surface area contributed by atoms with Gasteiger partial charge in [-0.1, -0.05) is 0 Å². The Kier molecular flexibility index (Phi) is 5.79. The summed E-state index contributed by atoms with van der Waals surface area (Å²) in [7, 11) is -9.68. The second kappa shape index (κ2) is 5.63. The van der Waals surface area contributed by atoms with Crippen LogP contribution in [0.2, 0.25) is 0 Å². The van der Waals surface area contributed by atoms with Crippen molar-refractivity contribution >= 4 is 20.2 Å². The van der Waals surface area contributed by atoms with Crippen molar-refractivity contribution in [2.75, 3.05) is 0 Å². The molecule has 17 heavy (non-hydrogen) atoms. The maximum Gasteiger partial charge on any atom is 1.00 e. The molecule has 7 nitrogen and oxygen atoms in total. The molecule has 0 atom stereocenters. The van der Waals surface area contributed by atoms with E-state index in [1.165, 1.54) is 0 Å². The molecule has 0 unspecified atom stereocenters. The second-order valence-corrected chi connectivity index (χ2v) is 5.74. The first-order chi connectivity index (χ1) is 7.05. The molecule has 3 N–H and O–H groups in total. The number of aromatic hydroxyl groups is 1. The molecule has 1 aromatic rings. The van der Waals surface area contributed by atoms with Gasteiger partial charge in [0.25, 0.3) is 20.2 Å². The van der Waals surface area contributed by atoms with Crippen LogP contribution >= 0.6 is 0 Å². The van der Waals surface area contributed by atoms with Gasteiger partial charge in [-0.2, -0.15) is 16.8 Å². The summed E-state index contributed by atoms with van der Waals surface area (Å²) < 4.78 is 61.2. The first-order valence-corrected chi connectivity index (χ1v) is 6.70. The standard InChI is InChI=1S/C7H8O7S2.K.H/c1-4-5(8)2-3-6(15(9,10)11)7(4)16(12,13)14;;/h2-3,8H,1H3,(H,9,10,11)(H,12,13,14);;/q;+1;-1. The number of hydrogen-bond acceptors (Lipinski definition) is 5. The monoisotopic (exact) mass is 308 g/mol. The summed E-state index contributed by atoms with van der Waals surface area (Å²) in [5.74, 6) is -0.514. The average molecular weight is 308 g/mol. The molecule has 92 valence electrons. The first kappa shape index (κ1) is 17.5. The van der Waals surface area contributed by atoms with Crippen molar-refractivity contribution in [1.82, 2.24) is 0 Å². The van der Waals surface area contributed by atoms with Crippen molar-refractivity contribution in [2.24, 2.45) is 0 Å². The van der Waals surface area contributed by atoms with Crippen molar-refractivity contribution in [3.05, 3.63) is 17.7 Å². The van der Waals surface area contributed by atoms with Gasteiger partial charge >= 0.3 is 51.4 Å². The van der Waals surface area contributed by atoms with Crippen molar-refractivity contribution < 1.29 is 83.9 Å². The van der Waals surface area contributed by atoms with E-state index in [-0.39, 0.29) is 58.4 Å². The van der Waals surface area contributed by atoms with Crippen LogP contribution in [0.15, 0.2) is 21.9 Å². The van der Waals surface area contributed by atoms with Crippen LogP contribution in [0, 0.1) is 6.92 Å². The molecule has 10 heteroatoms. The van der Waals surface area contributed by atoms with Gasteiger partial charge in [0, 0.05) is 5.56 Å². The molecule has 0 aliphatic rings. The molecule has 0 radical (unpaired) electrons. The third-order valence-corrected chi connectivity index (χ3v) is 3.94. The quantitative estimate of drug-likeness (QED) is 0.401. The van der Waals surface area contributed by atoms with Crippen LogP contribution in [-0.4, -0.2) is 31.0 Å². The normalized spacial score (nSPS) is 11.9. The van der Waals surface area contributed by atoms with Gasteiger partial charge in [0.2, 0.25) is 0 Å².